The van der Waals surface area contributed by atoms with Crippen LogP contribution in [0.2, 0.25) is 0 Å². The lowest BCUT2D eigenvalue weighted by molar-refractivity contribution is 0.0835. The third kappa shape index (κ3) is 2.84. The van der Waals surface area contributed by atoms with Gasteiger partial charge in [0.25, 0.3) is 5.89 Å². The van der Waals surface area contributed by atoms with E-state index in [0.29, 0.717) is 12.3 Å². The molecule has 0 aliphatic carbocycles. The number of nitrogens with zero attached hydrogens (tertiary/aromatic N) is 2. The van der Waals surface area contributed by atoms with Crippen molar-refractivity contribution in [3.63, 3.8) is 0 Å². The van der Waals surface area contributed by atoms with E-state index in [1.54, 1.807) is 0 Å². The normalized spacial score (nSPS) is 18.9. The number of aromatic nitrogens is 2. The van der Waals surface area contributed by atoms with Crippen LogP contribution >= 0.6 is 0 Å². The third-order valence-corrected chi connectivity index (χ3v) is 3.33. The average Bonchev–Trinajstić information content (AvgIpc) is 2.96. The Balaban J connectivity index is 1.76. The minimum absolute atomic E-state index is 0.000459. The van der Waals surface area contributed by atoms with Crippen LogP contribution in [0.4, 0.5) is 0 Å². The summed E-state index contributed by atoms with van der Waals surface area (Å²) in [6.07, 6.45) is 2.75. The van der Waals surface area contributed by atoms with Crippen LogP contribution in [0, 0.1) is 13.8 Å². The first kappa shape index (κ1) is 12.4. The molecule has 1 fully saturated rings. The van der Waals surface area contributed by atoms with Crippen molar-refractivity contribution >= 4 is 0 Å². The fourth-order valence-electron chi connectivity index (χ4n) is 2.60. The minimum Gasteiger partial charge on any atom is -0.368 e. The molecular formula is C15H18N2O2. The van der Waals surface area contributed by atoms with Crippen molar-refractivity contribution in [3.05, 3.63) is 46.6 Å². The highest BCUT2D eigenvalue weighted by Crippen LogP contribution is 2.27. The van der Waals surface area contributed by atoms with Crippen LogP contribution in [0.25, 0.3) is 0 Å². The van der Waals surface area contributed by atoms with Gasteiger partial charge < -0.3 is 9.26 Å². The summed E-state index contributed by atoms with van der Waals surface area (Å²) < 4.78 is 10.8. The molecule has 1 aliphatic rings. The van der Waals surface area contributed by atoms with E-state index in [0.717, 1.165) is 25.3 Å². The molecule has 1 saturated heterocycles. The second-order valence-corrected chi connectivity index (χ2v) is 5.22. The van der Waals surface area contributed by atoms with Crippen LogP contribution in [-0.4, -0.2) is 16.7 Å². The van der Waals surface area contributed by atoms with E-state index >= 15 is 0 Å². The maximum Gasteiger partial charge on any atom is 0.255 e. The average molecular weight is 258 g/mol. The molecule has 2 heterocycles. The molecule has 0 saturated carbocycles. The number of hydrogen-bond acceptors (Lipinski definition) is 4. The van der Waals surface area contributed by atoms with Gasteiger partial charge in [-0.3, -0.25) is 0 Å². The largest absolute Gasteiger partial charge is 0.368 e. The van der Waals surface area contributed by atoms with Crippen molar-refractivity contribution in [1.29, 1.82) is 0 Å². The van der Waals surface area contributed by atoms with E-state index in [1.165, 1.54) is 16.7 Å². The topological polar surface area (TPSA) is 48.2 Å². The van der Waals surface area contributed by atoms with Gasteiger partial charge >= 0.3 is 0 Å². The second-order valence-electron chi connectivity index (χ2n) is 5.22. The van der Waals surface area contributed by atoms with E-state index in [2.05, 4.69) is 42.2 Å². The number of hydrogen-bond donors (Lipinski definition) is 0. The van der Waals surface area contributed by atoms with Crippen LogP contribution in [-0.2, 0) is 11.2 Å². The molecule has 1 atom stereocenters. The van der Waals surface area contributed by atoms with Gasteiger partial charge in [0, 0.05) is 13.0 Å². The number of ether oxygens (including phenoxy) is 1. The summed E-state index contributed by atoms with van der Waals surface area (Å²) in [7, 11) is 0. The Morgan fingerprint density at radius 3 is 2.68 bits per heavy atom. The van der Waals surface area contributed by atoms with Gasteiger partial charge in [0.2, 0.25) is 0 Å². The molecule has 100 valence electrons. The summed E-state index contributed by atoms with van der Waals surface area (Å²) >= 11 is 0. The van der Waals surface area contributed by atoms with Crippen molar-refractivity contribution in [2.75, 3.05) is 6.61 Å². The summed E-state index contributed by atoms with van der Waals surface area (Å²) in [5.41, 5.74) is 3.74. The highest BCUT2D eigenvalue weighted by molar-refractivity contribution is 5.30. The summed E-state index contributed by atoms with van der Waals surface area (Å²) in [6.45, 7) is 4.99. The van der Waals surface area contributed by atoms with E-state index in [9.17, 15) is 0 Å². The Kier molecular flexibility index (Phi) is 3.34. The molecule has 2 aromatic rings. The van der Waals surface area contributed by atoms with Crippen molar-refractivity contribution < 1.29 is 9.26 Å². The van der Waals surface area contributed by atoms with E-state index in [1.807, 2.05) is 0 Å². The predicted molar refractivity (Wildman–Crippen MR) is 70.9 cm³/mol. The first-order valence-electron chi connectivity index (χ1n) is 6.72. The summed E-state index contributed by atoms with van der Waals surface area (Å²) in [5, 5.41) is 4.05. The molecule has 1 aromatic carbocycles. The number of rotatable bonds is 3. The molecule has 1 aromatic heterocycles. The Bertz CT molecular complexity index is 551. The van der Waals surface area contributed by atoms with Crippen molar-refractivity contribution in [1.82, 2.24) is 10.1 Å². The lowest BCUT2D eigenvalue weighted by Gasteiger charge is -2.02. The quantitative estimate of drug-likeness (QED) is 0.848. The predicted octanol–water partition coefficient (Wildman–Crippen LogP) is 3.13. The van der Waals surface area contributed by atoms with Gasteiger partial charge in [-0.1, -0.05) is 34.5 Å². The van der Waals surface area contributed by atoms with Gasteiger partial charge in [-0.15, -0.1) is 0 Å². The Morgan fingerprint density at radius 1 is 1.21 bits per heavy atom. The molecule has 0 spiro atoms. The maximum atomic E-state index is 5.54. The molecule has 0 bridgehead atoms. The summed E-state index contributed by atoms with van der Waals surface area (Å²) in [5.74, 6) is 1.35. The SMILES string of the molecule is Cc1cc(C)cc(Cc2noc([C@@H]3CCCO3)n2)c1. The first-order valence-corrected chi connectivity index (χ1v) is 6.72. The zero-order chi connectivity index (χ0) is 13.2. The van der Waals surface area contributed by atoms with Crippen LogP contribution in [0.15, 0.2) is 22.7 Å². The third-order valence-electron chi connectivity index (χ3n) is 3.33. The first-order chi connectivity index (χ1) is 9.20. The molecule has 19 heavy (non-hydrogen) atoms. The van der Waals surface area contributed by atoms with Crippen LogP contribution in [0.1, 0.15) is 47.4 Å². The molecule has 0 unspecified atom stereocenters. The molecule has 0 amide bonds. The minimum atomic E-state index is 0.000459. The summed E-state index contributed by atoms with van der Waals surface area (Å²) in [6, 6.07) is 6.49. The van der Waals surface area contributed by atoms with Crippen molar-refractivity contribution in [2.45, 2.75) is 39.2 Å². The van der Waals surface area contributed by atoms with Crippen LogP contribution in [0.5, 0.6) is 0 Å². The molecular weight excluding hydrogens is 240 g/mol. The fraction of sp³-hybridized carbons (Fsp3) is 0.467. The van der Waals surface area contributed by atoms with Crippen LogP contribution in [0.3, 0.4) is 0 Å². The van der Waals surface area contributed by atoms with E-state index < -0.39 is 0 Å². The van der Waals surface area contributed by atoms with Gasteiger partial charge in [0.05, 0.1) is 0 Å². The molecule has 3 rings (SSSR count). The van der Waals surface area contributed by atoms with Crippen molar-refractivity contribution in [3.8, 4) is 0 Å². The standard InChI is InChI=1S/C15H18N2O2/c1-10-6-11(2)8-12(7-10)9-14-16-15(19-17-14)13-4-3-5-18-13/h6-8,13H,3-5,9H2,1-2H3/t13-/m0/s1. The smallest absolute Gasteiger partial charge is 0.255 e. The maximum absolute atomic E-state index is 5.54. The Hall–Kier alpha value is -1.68. The highest BCUT2D eigenvalue weighted by Gasteiger charge is 2.23. The monoisotopic (exact) mass is 258 g/mol. The summed E-state index contributed by atoms with van der Waals surface area (Å²) in [4.78, 5) is 4.44. The van der Waals surface area contributed by atoms with Gasteiger partial charge in [0.1, 0.15) is 6.10 Å². The lowest BCUT2D eigenvalue weighted by Crippen LogP contribution is -1.97. The van der Waals surface area contributed by atoms with Gasteiger partial charge in [-0.2, -0.15) is 4.98 Å². The molecule has 4 nitrogen and oxygen atoms in total. The molecule has 0 radical (unpaired) electrons. The molecule has 4 heteroatoms. The van der Waals surface area contributed by atoms with Crippen LogP contribution < -0.4 is 0 Å². The lowest BCUT2D eigenvalue weighted by atomic mass is 10.1. The Morgan fingerprint density at radius 2 is 2.00 bits per heavy atom. The Labute approximate surface area is 112 Å². The van der Waals surface area contributed by atoms with Gasteiger partial charge in [-0.05, 0) is 32.3 Å². The van der Waals surface area contributed by atoms with E-state index in [-0.39, 0.29) is 6.10 Å². The fourth-order valence-corrected chi connectivity index (χ4v) is 2.60. The molecule has 1 aliphatic heterocycles. The second kappa shape index (κ2) is 5.13. The number of benzene rings is 1. The number of aryl methyl sites for hydroxylation is 2. The van der Waals surface area contributed by atoms with Gasteiger partial charge in [0.15, 0.2) is 5.82 Å². The highest BCUT2D eigenvalue weighted by atomic mass is 16.5. The zero-order valence-corrected chi connectivity index (χ0v) is 11.3. The van der Waals surface area contributed by atoms with E-state index in [4.69, 9.17) is 9.26 Å². The molecule has 0 N–H and O–H groups in total. The zero-order valence-electron chi connectivity index (χ0n) is 11.3. The van der Waals surface area contributed by atoms with Gasteiger partial charge in [-0.25, -0.2) is 0 Å². The van der Waals surface area contributed by atoms with Crippen molar-refractivity contribution in [2.24, 2.45) is 0 Å².